The minimum absolute atomic E-state index is 0.0549. The van der Waals surface area contributed by atoms with Gasteiger partial charge in [0.25, 0.3) is 0 Å². The number of hydrogen-bond acceptors (Lipinski definition) is 4. The number of aliphatic hydroxyl groups is 2. The zero-order valence-corrected chi connectivity index (χ0v) is 16.9. The summed E-state index contributed by atoms with van der Waals surface area (Å²) < 4.78 is 5.76. The summed E-state index contributed by atoms with van der Waals surface area (Å²) >= 11 is 0. The molecule has 3 aliphatic carbocycles. The smallest absolute Gasteiger partial charge is 0.303 e. The molecule has 3 rings (SSSR count). The van der Waals surface area contributed by atoms with Gasteiger partial charge in [-0.1, -0.05) is 34.3 Å². The summed E-state index contributed by atoms with van der Waals surface area (Å²) in [6.07, 6.45) is 5.88. The number of hydrogen-bond donors (Lipinski definition) is 2. The lowest BCUT2D eigenvalue weighted by atomic mass is 9.56. The van der Waals surface area contributed by atoms with Crippen molar-refractivity contribution in [2.24, 2.45) is 16.7 Å². The molecule has 0 aromatic rings. The standard InChI is InChI=1S/C22H34O4/c1-14(2)21(24)11-10-19(5)13-22(25)15(3)8-7-9-20(22,6)18(12-17(19)21)26-16(4)23/h12,14,18,24-25H,3,7-11,13H2,1-2,4-6H3/t18?,19-,20?,21+,22+/m1/s1. The summed E-state index contributed by atoms with van der Waals surface area (Å²) in [6, 6.07) is 0. The van der Waals surface area contributed by atoms with Gasteiger partial charge >= 0.3 is 5.97 Å². The van der Waals surface area contributed by atoms with Gasteiger partial charge in [-0.25, -0.2) is 0 Å². The molecular weight excluding hydrogens is 328 g/mol. The molecular formula is C22H34O4. The third-order valence-corrected chi connectivity index (χ3v) is 7.72. The average Bonchev–Trinajstić information content (AvgIpc) is 2.73. The molecule has 0 aromatic heterocycles. The fourth-order valence-corrected chi connectivity index (χ4v) is 5.82. The van der Waals surface area contributed by atoms with Gasteiger partial charge in [0.15, 0.2) is 0 Å². The Labute approximate surface area is 157 Å². The number of fused-ring (bicyclic) bond motifs is 2. The van der Waals surface area contributed by atoms with Crippen LogP contribution < -0.4 is 0 Å². The molecule has 26 heavy (non-hydrogen) atoms. The minimum atomic E-state index is -1.11. The lowest BCUT2D eigenvalue weighted by Crippen LogP contribution is -2.57. The Hall–Kier alpha value is -1.13. The monoisotopic (exact) mass is 362 g/mol. The molecule has 0 aliphatic heterocycles. The first-order chi connectivity index (χ1) is 11.9. The van der Waals surface area contributed by atoms with Crippen LogP contribution in [0.15, 0.2) is 23.8 Å². The van der Waals surface area contributed by atoms with Crippen molar-refractivity contribution >= 4 is 5.97 Å². The number of carbonyl (C=O) groups excluding carboxylic acids is 1. The van der Waals surface area contributed by atoms with Gasteiger partial charge in [0.05, 0.1) is 11.2 Å². The van der Waals surface area contributed by atoms with E-state index in [-0.39, 0.29) is 17.3 Å². The number of ether oxygens (including phenoxy) is 1. The molecule has 0 saturated heterocycles. The largest absolute Gasteiger partial charge is 0.458 e. The van der Waals surface area contributed by atoms with E-state index >= 15 is 0 Å². The molecule has 2 saturated carbocycles. The molecule has 5 atom stereocenters. The van der Waals surface area contributed by atoms with Crippen LogP contribution in [0.5, 0.6) is 0 Å². The third kappa shape index (κ3) is 2.52. The molecule has 146 valence electrons. The van der Waals surface area contributed by atoms with Crippen LogP contribution >= 0.6 is 0 Å². The first kappa shape index (κ1) is 19.6. The zero-order chi connectivity index (χ0) is 19.5. The fourth-order valence-electron chi connectivity index (χ4n) is 5.82. The second-order valence-electron chi connectivity index (χ2n) is 9.66. The Balaban J connectivity index is 2.22. The maximum Gasteiger partial charge on any atom is 0.303 e. The van der Waals surface area contributed by atoms with Gasteiger partial charge in [-0.2, -0.15) is 0 Å². The van der Waals surface area contributed by atoms with Crippen LogP contribution in [0.4, 0.5) is 0 Å². The van der Waals surface area contributed by atoms with E-state index in [4.69, 9.17) is 4.74 Å². The summed E-state index contributed by atoms with van der Waals surface area (Å²) in [5.74, 6) is -0.305. The fraction of sp³-hybridized carbons (Fsp3) is 0.773. The molecule has 0 radical (unpaired) electrons. The molecule has 0 heterocycles. The minimum Gasteiger partial charge on any atom is -0.458 e. The van der Waals surface area contributed by atoms with Crippen molar-refractivity contribution in [1.82, 2.24) is 0 Å². The molecule has 0 spiro atoms. The average molecular weight is 363 g/mol. The molecule has 4 heteroatoms. The predicted octanol–water partition coefficient (Wildman–Crippen LogP) is 3.91. The van der Waals surface area contributed by atoms with E-state index in [1.165, 1.54) is 6.92 Å². The van der Waals surface area contributed by atoms with Crippen LogP contribution in [0.3, 0.4) is 0 Å². The first-order valence-corrected chi connectivity index (χ1v) is 9.92. The Morgan fingerprint density at radius 2 is 1.92 bits per heavy atom. The van der Waals surface area contributed by atoms with Crippen LogP contribution in [0.25, 0.3) is 0 Å². The van der Waals surface area contributed by atoms with E-state index in [9.17, 15) is 15.0 Å². The molecule has 2 N–H and O–H groups in total. The molecule has 0 bridgehead atoms. The molecule has 0 amide bonds. The highest BCUT2D eigenvalue weighted by molar-refractivity contribution is 5.66. The van der Waals surface area contributed by atoms with Crippen LogP contribution in [0.1, 0.15) is 73.1 Å². The van der Waals surface area contributed by atoms with Crippen molar-refractivity contribution in [3.8, 4) is 0 Å². The molecule has 4 nitrogen and oxygen atoms in total. The molecule has 2 unspecified atom stereocenters. The number of rotatable bonds is 2. The van der Waals surface area contributed by atoms with E-state index in [1.54, 1.807) is 0 Å². The van der Waals surface area contributed by atoms with Gasteiger partial charge in [-0.05, 0) is 67.1 Å². The van der Waals surface area contributed by atoms with Gasteiger partial charge in [-0.3, -0.25) is 4.79 Å². The van der Waals surface area contributed by atoms with Crippen molar-refractivity contribution in [2.45, 2.75) is 90.4 Å². The van der Waals surface area contributed by atoms with E-state index in [0.29, 0.717) is 12.8 Å². The van der Waals surface area contributed by atoms with Crippen molar-refractivity contribution in [2.75, 3.05) is 0 Å². The van der Waals surface area contributed by atoms with Crippen LogP contribution in [0.2, 0.25) is 0 Å². The van der Waals surface area contributed by atoms with Crippen LogP contribution in [-0.4, -0.2) is 33.5 Å². The topological polar surface area (TPSA) is 66.8 Å². The summed E-state index contributed by atoms with van der Waals surface area (Å²) in [5.41, 5.74) is -1.23. The van der Waals surface area contributed by atoms with Crippen molar-refractivity contribution in [3.63, 3.8) is 0 Å². The maximum absolute atomic E-state index is 11.9. The van der Waals surface area contributed by atoms with E-state index in [1.807, 2.05) is 26.8 Å². The summed E-state index contributed by atoms with van der Waals surface area (Å²) in [4.78, 5) is 11.9. The highest BCUT2D eigenvalue weighted by Crippen LogP contribution is 2.63. The van der Waals surface area contributed by atoms with Gasteiger partial charge in [0, 0.05) is 12.3 Å². The highest BCUT2D eigenvalue weighted by Gasteiger charge is 2.63. The number of esters is 1. The summed E-state index contributed by atoms with van der Waals surface area (Å²) in [6.45, 7) is 13.8. The summed E-state index contributed by atoms with van der Waals surface area (Å²) in [5, 5.41) is 23.4. The molecule has 3 aliphatic rings. The lowest BCUT2D eigenvalue weighted by molar-refractivity contribution is -0.167. The normalized spacial score (nSPS) is 45.6. The number of carbonyl (C=O) groups is 1. The van der Waals surface area contributed by atoms with E-state index in [0.717, 1.165) is 36.8 Å². The molecule has 2 fully saturated rings. The Kier molecular flexibility index (Phi) is 4.48. The second kappa shape index (κ2) is 5.93. The van der Waals surface area contributed by atoms with E-state index in [2.05, 4.69) is 13.5 Å². The van der Waals surface area contributed by atoms with Gasteiger partial charge in [0.1, 0.15) is 6.10 Å². The Morgan fingerprint density at radius 1 is 1.27 bits per heavy atom. The highest BCUT2D eigenvalue weighted by atomic mass is 16.5. The maximum atomic E-state index is 11.9. The summed E-state index contributed by atoms with van der Waals surface area (Å²) in [7, 11) is 0. The van der Waals surface area contributed by atoms with Crippen molar-refractivity contribution < 1.29 is 19.7 Å². The van der Waals surface area contributed by atoms with E-state index < -0.39 is 22.7 Å². The van der Waals surface area contributed by atoms with Crippen molar-refractivity contribution in [1.29, 1.82) is 0 Å². The van der Waals surface area contributed by atoms with Crippen LogP contribution in [-0.2, 0) is 9.53 Å². The SMILES string of the molecule is C=C1CCCC2(C)C(OC(C)=O)C=C3[C@](C)(CC[C@]3(O)C(C)C)C[C@]12O. The second-order valence-corrected chi connectivity index (χ2v) is 9.66. The zero-order valence-electron chi connectivity index (χ0n) is 16.9. The van der Waals surface area contributed by atoms with Gasteiger partial charge in [-0.15, -0.1) is 0 Å². The van der Waals surface area contributed by atoms with Gasteiger partial charge in [0.2, 0.25) is 0 Å². The van der Waals surface area contributed by atoms with Crippen molar-refractivity contribution in [3.05, 3.63) is 23.8 Å². The van der Waals surface area contributed by atoms with Crippen LogP contribution in [0, 0.1) is 16.7 Å². The Morgan fingerprint density at radius 3 is 2.50 bits per heavy atom. The first-order valence-electron chi connectivity index (χ1n) is 9.92. The predicted molar refractivity (Wildman–Crippen MR) is 101 cm³/mol. The molecule has 0 aromatic carbocycles. The van der Waals surface area contributed by atoms with Gasteiger partial charge < -0.3 is 14.9 Å². The third-order valence-electron chi connectivity index (χ3n) is 7.72. The Bertz CT molecular complexity index is 665. The quantitative estimate of drug-likeness (QED) is 0.577. The lowest BCUT2D eigenvalue weighted by Gasteiger charge is -2.53.